The molecular weight excluding hydrogens is 512 g/mol. The van der Waals surface area contributed by atoms with Crippen LogP contribution in [0.25, 0.3) is 0 Å². The zero-order chi connectivity index (χ0) is 27.2. The van der Waals surface area contributed by atoms with E-state index in [-0.39, 0.29) is 21.8 Å². The number of nitrogens with one attached hydrogen (secondary N) is 1. The van der Waals surface area contributed by atoms with Crippen LogP contribution < -0.4 is 10.2 Å². The van der Waals surface area contributed by atoms with Crippen molar-refractivity contribution in [2.45, 2.75) is 33.1 Å². The first-order valence-corrected chi connectivity index (χ1v) is 12.7. The predicted octanol–water partition coefficient (Wildman–Crippen LogP) is 3.79. The molecule has 0 radical (unpaired) electrons. The zero-order valence-corrected chi connectivity index (χ0v) is 21.5. The molecule has 12 heteroatoms. The Balaban J connectivity index is 1.31. The minimum atomic E-state index is -0.838. The summed E-state index contributed by atoms with van der Waals surface area (Å²) in [7, 11) is 0. The zero-order valence-electron chi connectivity index (χ0n) is 20.7. The van der Waals surface area contributed by atoms with Crippen molar-refractivity contribution in [3.63, 3.8) is 0 Å². The highest BCUT2D eigenvalue weighted by Gasteiger charge is 2.39. The number of carbonyl (C=O) groups excluding carboxylic acids is 5. The van der Waals surface area contributed by atoms with Gasteiger partial charge in [-0.1, -0.05) is 31.1 Å². The van der Waals surface area contributed by atoms with E-state index in [0.717, 1.165) is 35.5 Å². The van der Waals surface area contributed by atoms with Gasteiger partial charge in [0.1, 0.15) is 5.01 Å². The van der Waals surface area contributed by atoms with Crippen molar-refractivity contribution < 1.29 is 33.4 Å². The van der Waals surface area contributed by atoms with Crippen molar-refractivity contribution in [3.05, 3.63) is 69.7 Å². The minimum absolute atomic E-state index is 0.00907. The van der Waals surface area contributed by atoms with Gasteiger partial charge < -0.3 is 14.8 Å². The van der Waals surface area contributed by atoms with Crippen LogP contribution >= 0.6 is 11.3 Å². The molecule has 3 aromatic rings. The highest BCUT2D eigenvalue weighted by molar-refractivity contribution is 7.15. The maximum Gasteiger partial charge on any atom is 0.338 e. The number of hydrogen-bond donors (Lipinski definition) is 1. The molecule has 0 spiro atoms. The van der Waals surface area contributed by atoms with Crippen LogP contribution in [-0.2, 0) is 14.3 Å². The summed E-state index contributed by atoms with van der Waals surface area (Å²) in [6.07, 6.45) is 2.81. The third kappa shape index (κ3) is 5.92. The molecule has 0 bridgehead atoms. The summed E-state index contributed by atoms with van der Waals surface area (Å²) in [5.74, 6) is -3.06. The molecule has 0 unspecified atom stereocenters. The molecule has 1 N–H and O–H groups in total. The molecule has 4 rings (SSSR count). The average molecular weight is 537 g/mol. The van der Waals surface area contributed by atoms with Crippen LogP contribution in [0.3, 0.4) is 0 Å². The van der Waals surface area contributed by atoms with Crippen LogP contribution in [0.5, 0.6) is 0 Å². The van der Waals surface area contributed by atoms with Crippen LogP contribution in [0.1, 0.15) is 72.6 Å². The minimum Gasteiger partial charge on any atom is -0.462 e. The number of aryl methyl sites for hydroxylation is 1. The van der Waals surface area contributed by atoms with Crippen LogP contribution in [0, 0.1) is 6.92 Å². The number of hydrogen-bond acceptors (Lipinski definition) is 10. The molecule has 0 fully saturated rings. The molecule has 0 atom stereocenters. The molecule has 0 aliphatic carbocycles. The van der Waals surface area contributed by atoms with E-state index >= 15 is 0 Å². The van der Waals surface area contributed by atoms with E-state index in [4.69, 9.17) is 9.47 Å². The van der Waals surface area contributed by atoms with Gasteiger partial charge in [0.25, 0.3) is 17.7 Å². The maximum atomic E-state index is 12.8. The fourth-order valence-corrected chi connectivity index (χ4v) is 4.30. The van der Waals surface area contributed by atoms with E-state index < -0.39 is 36.3 Å². The smallest absolute Gasteiger partial charge is 0.338 e. The Hall–Kier alpha value is -4.45. The van der Waals surface area contributed by atoms with Gasteiger partial charge in [-0.25, -0.2) is 14.5 Å². The van der Waals surface area contributed by atoms with Crippen molar-refractivity contribution in [2.24, 2.45) is 0 Å². The van der Waals surface area contributed by atoms with Crippen molar-refractivity contribution in [1.29, 1.82) is 0 Å². The Morgan fingerprint density at radius 1 is 0.895 bits per heavy atom. The second-order valence-electron chi connectivity index (χ2n) is 8.35. The predicted molar refractivity (Wildman–Crippen MR) is 137 cm³/mol. The van der Waals surface area contributed by atoms with Gasteiger partial charge in [-0.2, -0.15) is 0 Å². The van der Waals surface area contributed by atoms with Crippen LogP contribution in [0.2, 0.25) is 0 Å². The number of carbonyl (C=O) groups is 5. The Morgan fingerprint density at radius 3 is 2.26 bits per heavy atom. The number of anilines is 2. The van der Waals surface area contributed by atoms with E-state index in [1.54, 1.807) is 6.92 Å². The lowest BCUT2D eigenvalue weighted by Crippen LogP contribution is -2.29. The second-order valence-corrected chi connectivity index (χ2v) is 9.51. The third-order valence-corrected chi connectivity index (χ3v) is 6.37. The van der Waals surface area contributed by atoms with Crippen LogP contribution in [0.4, 0.5) is 10.8 Å². The summed E-state index contributed by atoms with van der Waals surface area (Å²) in [4.78, 5) is 63.2. The van der Waals surface area contributed by atoms with E-state index in [9.17, 15) is 24.0 Å². The van der Waals surface area contributed by atoms with Crippen molar-refractivity contribution in [2.75, 3.05) is 23.4 Å². The average Bonchev–Trinajstić information content (AvgIpc) is 3.44. The molecule has 1 aromatic heterocycles. The fourth-order valence-electron chi connectivity index (χ4n) is 3.62. The largest absolute Gasteiger partial charge is 0.462 e. The van der Waals surface area contributed by atoms with E-state index in [1.165, 1.54) is 42.5 Å². The second kappa shape index (κ2) is 11.7. The number of unbranched alkanes of at least 4 members (excludes halogenated alkanes) is 2. The van der Waals surface area contributed by atoms with E-state index in [1.807, 2.05) is 0 Å². The maximum absolute atomic E-state index is 12.8. The molecule has 2 aromatic carbocycles. The van der Waals surface area contributed by atoms with Gasteiger partial charge in [0.15, 0.2) is 6.61 Å². The lowest BCUT2D eigenvalue weighted by atomic mass is 10.1. The molecule has 38 heavy (non-hydrogen) atoms. The van der Waals surface area contributed by atoms with Gasteiger partial charge in [0.05, 0.1) is 28.9 Å². The van der Waals surface area contributed by atoms with E-state index in [2.05, 4.69) is 22.4 Å². The molecule has 2 heterocycles. The van der Waals surface area contributed by atoms with Gasteiger partial charge >= 0.3 is 11.9 Å². The molecule has 0 saturated heterocycles. The summed E-state index contributed by atoms with van der Waals surface area (Å²) in [6, 6.07) is 10.1. The Bertz CT molecular complexity index is 1400. The molecular formula is C26H24N4O7S. The van der Waals surface area contributed by atoms with Gasteiger partial charge in [0, 0.05) is 5.69 Å². The number of aromatic nitrogens is 2. The Morgan fingerprint density at radius 2 is 1.58 bits per heavy atom. The van der Waals surface area contributed by atoms with Crippen molar-refractivity contribution >= 4 is 51.8 Å². The SMILES string of the molecule is CCCCCOC(=O)c1ccc(NC(=O)COC(=O)c2ccc3c(c2)C(=O)N(c2nnc(C)s2)C3=O)cc1. The fraction of sp³-hybridized carbons (Fsp3) is 0.269. The van der Waals surface area contributed by atoms with Crippen LogP contribution in [-0.4, -0.2) is 53.1 Å². The van der Waals surface area contributed by atoms with Gasteiger partial charge in [0.2, 0.25) is 5.13 Å². The molecule has 1 aliphatic rings. The number of nitrogens with zero attached hydrogens (tertiary/aromatic N) is 3. The monoisotopic (exact) mass is 536 g/mol. The highest BCUT2D eigenvalue weighted by Crippen LogP contribution is 2.31. The van der Waals surface area contributed by atoms with Gasteiger partial charge in [-0.15, -0.1) is 10.2 Å². The summed E-state index contributed by atoms with van der Waals surface area (Å²) in [5, 5.41) is 11.0. The number of benzene rings is 2. The summed E-state index contributed by atoms with van der Waals surface area (Å²) in [5.41, 5.74) is 0.934. The number of fused-ring (bicyclic) bond motifs is 1. The van der Waals surface area contributed by atoms with E-state index in [0.29, 0.717) is 22.9 Å². The van der Waals surface area contributed by atoms with Gasteiger partial charge in [-0.3, -0.25) is 14.4 Å². The molecule has 3 amide bonds. The van der Waals surface area contributed by atoms with Crippen LogP contribution in [0.15, 0.2) is 42.5 Å². The lowest BCUT2D eigenvalue weighted by Gasteiger charge is -2.08. The third-order valence-electron chi connectivity index (χ3n) is 5.55. The van der Waals surface area contributed by atoms with Crippen molar-refractivity contribution in [1.82, 2.24) is 10.2 Å². The topological polar surface area (TPSA) is 145 Å². The molecule has 11 nitrogen and oxygen atoms in total. The normalized spacial score (nSPS) is 12.3. The first-order valence-electron chi connectivity index (χ1n) is 11.9. The summed E-state index contributed by atoms with van der Waals surface area (Å²) < 4.78 is 10.3. The first-order chi connectivity index (χ1) is 18.3. The molecule has 1 aliphatic heterocycles. The van der Waals surface area contributed by atoms with Crippen molar-refractivity contribution in [3.8, 4) is 0 Å². The quantitative estimate of drug-likeness (QED) is 0.232. The number of ether oxygens (including phenoxy) is 2. The summed E-state index contributed by atoms with van der Waals surface area (Å²) >= 11 is 1.10. The standard InChI is InChI=1S/C26H24N4O7S/c1-3-4-5-12-36-24(34)16-6-9-18(10-7-16)27-21(31)14-37-25(35)17-8-11-19-20(13-17)23(33)30(22(19)32)26-29-28-15(2)38-26/h6-11,13H,3-5,12,14H2,1-2H3,(H,27,31). The van der Waals surface area contributed by atoms with Gasteiger partial charge in [-0.05, 0) is 55.8 Å². The Kier molecular flexibility index (Phi) is 8.22. The number of amides is 3. The lowest BCUT2D eigenvalue weighted by molar-refractivity contribution is -0.119. The Labute approximate surface area is 221 Å². The number of imide groups is 1. The number of esters is 2. The number of rotatable bonds is 10. The summed E-state index contributed by atoms with van der Waals surface area (Å²) in [6.45, 7) is 3.53. The first kappa shape index (κ1) is 26.6. The molecule has 0 saturated carbocycles. The molecule has 196 valence electrons. The highest BCUT2D eigenvalue weighted by atomic mass is 32.1.